The van der Waals surface area contributed by atoms with Gasteiger partial charge in [0.2, 0.25) is 5.82 Å². The predicted molar refractivity (Wildman–Crippen MR) is 74.6 cm³/mol. The quantitative estimate of drug-likeness (QED) is 0.828. The highest BCUT2D eigenvalue weighted by Crippen LogP contribution is 2.04. The predicted octanol–water partition coefficient (Wildman–Crippen LogP) is 1.16. The second-order valence-corrected chi connectivity index (χ2v) is 4.45. The van der Waals surface area contributed by atoms with Crippen molar-refractivity contribution in [3.05, 3.63) is 42.5 Å². The van der Waals surface area contributed by atoms with E-state index in [2.05, 4.69) is 15.4 Å². The van der Waals surface area contributed by atoms with Crippen LogP contribution in [0.1, 0.15) is 30.4 Å². The zero-order chi connectivity index (χ0) is 14.4. The fraction of sp³-hybridized carbons (Fsp3) is 0.357. The van der Waals surface area contributed by atoms with Gasteiger partial charge in [-0.15, -0.1) is 5.10 Å². The van der Waals surface area contributed by atoms with Gasteiger partial charge >= 0.3 is 0 Å². The summed E-state index contributed by atoms with van der Waals surface area (Å²) < 4.78 is 1.55. The summed E-state index contributed by atoms with van der Waals surface area (Å²) in [5.41, 5.74) is 0.848. The molecule has 0 radical (unpaired) electrons. The lowest BCUT2D eigenvalue weighted by atomic mass is 10.2. The molecule has 106 valence electrons. The van der Waals surface area contributed by atoms with Gasteiger partial charge in [0.15, 0.2) is 0 Å². The molecule has 0 spiro atoms. The summed E-state index contributed by atoms with van der Waals surface area (Å²) in [6, 6.07) is 9.46. The normalized spacial score (nSPS) is 12.1. The smallest absolute Gasteiger partial charge is 0.290 e. The van der Waals surface area contributed by atoms with Gasteiger partial charge in [0, 0.05) is 6.54 Å². The molecular weight excluding hydrogens is 256 g/mol. The summed E-state index contributed by atoms with van der Waals surface area (Å²) in [4.78, 5) is 15.8. The summed E-state index contributed by atoms with van der Waals surface area (Å²) >= 11 is 0. The van der Waals surface area contributed by atoms with Crippen LogP contribution in [0.15, 0.2) is 36.7 Å². The molecule has 1 heterocycles. The molecule has 20 heavy (non-hydrogen) atoms. The largest absolute Gasteiger partial charge is 0.393 e. The lowest BCUT2D eigenvalue weighted by Crippen LogP contribution is -2.28. The van der Waals surface area contributed by atoms with Crippen LogP contribution in [-0.4, -0.2) is 38.4 Å². The first-order chi connectivity index (χ1) is 9.70. The number of aromatic nitrogens is 3. The molecule has 1 unspecified atom stereocenters. The Balaban J connectivity index is 1.93. The maximum absolute atomic E-state index is 11.8. The minimum Gasteiger partial charge on any atom is -0.393 e. The van der Waals surface area contributed by atoms with E-state index < -0.39 is 0 Å². The van der Waals surface area contributed by atoms with E-state index >= 15 is 0 Å². The molecular formula is C14H18N4O2. The van der Waals surface area contributed by atoms with E-state index in [4.69, 9.17) is 0 Å². The highest BCUT2D eigenvalue weighted by Gasteiger charge is 2.12. The molecule has 0 saturated carbocycles. The lowest BCUT2D eigenvalue weighted by molar-refractivity contribution is 0.0931. The third-order valence-corrected chi connectivity index (χ3v) is 2.95. The monoisotopic (exact) mass is 274 g/mol. The molecule has 1 aromatic heterocycles. The topological polar surface area (TPSA) is 80.0 Å². The van der Waals surface area contributed by atoms with E-state index in [1.54, 1.807) is 4.68 Å². The van der Waals surface area contributed by atoms with Crippen LogP contribution >= 0.6 is 0 Å². The second-order valence-electron chi connectivity index (χ2n) is 4.45. The maximum atomic E-state index is 11.8. The van der Waals surface area contributed by atoms with Crippen LogP contribution in [0.4, 0.5) is 0 Å². The fourth-order valence-electron chi connectivity index (χ4n) is 1.71. The van der Waals surface area contributed by atoms with Crippen LogP contribution in [0.5, 0.6) is 0 Å². The standard InChI is InChI=1S/C14H18N4O2/c1-2-12(19)8-9-15-14(20)13-16-10-18(17-13)11-6-4-3-5-7-11/h3-7,10,12,19H,2,8-9H2,1H3,(H,15,20). The van der Waals surface area contributed by atoms with Crippen molar-refractivity contribution < 1.29 is 9.90 Å². The number of nitrogens with zero attached hydrogens (tertiary/aromatic N) is 3. The van der Waals surface area contributed by atoms with Gasteiger partial charge in [-0.1, -0.05) is 25.1 Å². The van der Waals surface area contributed by atoms with Gasteiger partial charge < -0.3 is 10.4 Å². The van der Waals surface area contributed by atoms with Gasteiger partial charge in [-0.2, -0.15) is 0 Å². The Morgan fingerprint density at radius 2 is 2.15 bits per heavy atom. The van der Waals surface area contributed by atoms with Crippen molar-refractivity contribution in [1.82, 2.24) is 20.1 Å². The number of aliphatic hydroxyl groups is 1. The summed E-state index contributed by atoms with van der Waals surface area (Å²) in [6.45, 7) is 2.31. The van der Waals surface area contributed by atoms with Gasteiger partial charge in [0.25, 0.3) is 5.91 Å². The highest BCUT2D eigenvalue weighted by molar-refractivity contribution is 5.90. The number of carbonyl (C=O) groups is 1. The average molecular weight is 274 g/mol. The molecule has 0 aliphatic carbocycles. The molecule has 1 atom stereocenters. The van der Waals surface area contributed by atoms with E-state index in [0.717, 1.165) is 5.69 Å². The first-order valence-electron chi connectivity index (χ1n) is 6.64. The van der Waals surface area contributed by atoms with Gasteiger partial charge in [-0.3, -0.25) is 4.79 Å². The first-order valence-corrected chi connectivity index (χ1v) is 6.64. The molecule has 0 aliphatic heterocycles. The van der Waals surface area contributed by atoms with Crippen LogP contribution in [0, 0.1) is 0 Å². The molecule has 6 nitrogen and oxygen atoms in total. The SMILES string of the molecule is CCC(O)CCNC(=O)c1ncn(-c2ccccc2)n1. The van der Waals surface area contributed by atoms with E-state index in [9.17, 15) is 9.90 Å². The van der Waals surface area contributed by atoms with Crippen LogP contribution in [-0.2, 0) is 0 Å². The van der Waals surface area contributed by atoms with Crippen molar-refractivity contribution in [2.24, 2.45) is 0 Å². The Morgan fingerprint density at radius 3 is 2.85 bits per heavy atom. The van der Waals surface area contributed by atoms with Gasteiger partial charge in [0.1, 0.15) is 6.33 Å². The first kappa shape index (κ1) is 14.2. The number of aliphatic hydroxyl groups excluding tert-OH is 1. The van der Waals surface area contributed by atoms with E-state index in [-0.39, 0.29) is 17.8 Å². The number of hydrogen-bond donors (Lipinski definition) is 2. The van der Waals surface area contributed by atoms with Crippen molar-refractivity contribution in [2.45, 2.75) is 25.9 Å². The molecule has 0 fully saturated rings. The number of carbonyl (C=O) groups excluding carboxylic acids is 1. The molecule has 0 saturated heterocycles. The number of amides is 1. The minimum absolute atomic E-state index is 0.125. The Morgan fingerprint density at radius 1 is 1.40 bits per heavy atom. The third kappa shape index (κ3) is 3.64. The minimum atomic E-state index is -0.384. The van der Waals surface area contributed by atoms with Gasteiger partial charge in [-0.05, 0) is 25.0 Å². The Kier molecular flexibility index (Phi) is 4.84. The third-order valence-electron chi connectivity index (χ3n) is 2.95. The Labute approximate surface area is 117 Å². The number of rotatable bonds is 6. The average Bonchev–Trinajstić information content (AvgIpc) is 2.97. The fourth-order valence-corrected chi connectivity index (χ4v) is 1.71. The summed E-state index contributed by atoms with van der Waals surface area (Å²) in [6.07, 6.45) is 2.33. The van der Waals surface area contributed by atoms with Crippen molar-refractivity contribution in [3.63, 3.8) is 0 Å². The zero-order valence-electron chi connectivity index (χ0n) is 11.4. The van der Waals surface area contributed by atoms with Crippen LogP contribution in [0.3, 0.4) is 0 Å². The van der Waals surface area contributed by atoms with Crippen LogP contribution in [0.2, 0.25) is 0 Å². The number of nitrogens with one attached hydrogen (secondary N) is 1. The summed E-state index contributed by atoms with van der Waals surface area (Å²) in [7, 11) is 0. The number of benzene rings is 1. The maximum Gasteiger partial charge on any atom is 0.290 e. The summed E-state index contributed by atoms with van der Waals surface area (Å²) in [5.74, 6) is -0.206. The van der Waals surface area contributed by atoms with Crippen molar-refractivity contribution in [3.8, 4) is 5.69 Å². The van der Waals surface area contributed by atoms with Crippen LogP contribution < -0.4 is 5.32 Å². The Bertz CT molecular complexity index is 553. The van der Waals surface area contributed by atoms with E-state index in [1.807, 2.05) is 37.3 Å². The molecule has 1 amide bonds. The van der Waals surface area contributed by atoms with Crippen molar-refractivity contribution >= 4 is 5.91 Å². The molecule has 0 aliphatic rings. The lowest BCUT2D eigenvalue weighted by Gasteiger charge is -2.07. The molecule has 0 bridgehead atoms. The van der Waals surface area contributed by atoms with Crippen molar-refractivity contribution in [2.75, 3.05) is 6.54 Å². The Hall–Kier alpha value is -2.21. The molecule has 2 N–H and O–H groups in total. The van der Waals surface area contributed by atoms with Gasteiger partial charge in [0.05, 0.1) is 11.8 Å². The molecule has 2 rings (SSSR count). The summed E-state index contributed by atoms with van der Waals surface area (Å²) in [5, 5.41) is 16.2. The van der Waals surface area contributed by atoms with Gasteiger partial charge in [-0.25, -0.2) is 9.67 Å². The van der Waals surface area contributed by atoms with Crippen LogP contribution in [0.25, 0.3) is 5.69 Å². The van der Waals surface area contributed by atoms with E-state index in [0.29, 0.717) is 19.4 Å². The molecule has 2 aromatic rings. The molecule has 1 aromatic carbocycles. The second kappa shape index (κ2) is 6.81. The highest BCUT2D eigenvalue weighted by atomic mass is 16.3. The van der Waals surface area contributed by atoms with E-state index in [1.165, 1.54) is 6.33 Å². The molecule has 6 heteroatoms. The number of para-hydroxylation sites is 1. The van der Waals surface area contributed by atoms with Crippen molar-refractivity contribution in [1.29, 1.82) is 0 Å². The zero-order valence-corrected chi connectivity index (χ0v) is 11.4. The number of hydrogen-bond acceptors (Lipinski definition) is 4.